The maximum absolute atomic E-state index is 13.4. The van der Waals surface area contributed by atoms with E-state index in [1.807, 2.05) is 4.90 Å². The molecule has 1 fully saturated rings. The second-order valence-corrected chi connectivity index (χ2v) is 10.3. The van der Waals surface area contributed by atoms with Gasteiger partial charge in [0.1, 0.15) is 11.9 Å². The number of rotatable bonds is 7. The molecule has 0 N–H and O–H groups in total. The number of halogens is 1. The summed E-state index contributed by atoms with van der Waals surface area (Å²) in [6.45, 7) is 6.63. The first-order chi connectivity index (χ1) is 17.1. The normalized spacial score (nSPS) is 22.8. The van der Waals surface area contributed by atoms with E-state index < -0.39 is 0 Å². The largest absolute Gasteiger partial charge is 0.372 e. The number of ether oxygens (including phenoxy) is 1. The Morgan fingerprint density at radius 1 is 1.14 bits per heavy atom. The lowest BCUT2D eigenvalue weighted by Gasteiger charge is -2.31. The highest BCUT2D eigenvalue weighted by Crippen LogP contribution is 2.46. The number of carbonyl (C=O) groups is 1. The Kier molecular flexibility index (Phi) is 6.06. The van der Waals surface area contributed by atoms with Gasteiger partial charge in [-0.1, -0.05) is 30.3 Å². The van der Waals surface area contributed by atoms with Gasteiger partial charge in [0.2, 0.25) is 5.91 Å². The SMILES string of the molecule is CC1CC(=O)N2CC(OCCCCN3CCC(c4noc5cc(F)ccc45)CC3)c3cccc1c32. The molecule has 0 radical (unpaired) electrons. The van der Waals surface area contributed by atoms with Crippen molar-refractivity contribution in [3.8, 4) is 0 Å². The van der Waals surface area contributed by atoms with Crippen LogP contribution < -0.4 is 4.90 Å². The third kappa shape index (κ3) is 4.25. The lowest BCUT2D eigenvalue weighted by atomic mass is 9.90. The summed E-state index contributed by atoms with van der Waals surface area (Å²) in [7, 11) is 0. The van der Waals surface area contributed by atoms with Gasteiger partial charge >= 0.3 is 0 Å². The molecular weight excluding hydrogens is 445 g/mol. The number of nitrogens with zero attached hydrogens (tertiary/aromatic N) is 3. The molecule has 1 saturated heterocycles. The maximum Gasteiger partial charge on any atom is 0.227 e. The number of aromatic nitrogens is 1. The fourth-order valence-corrected chi connectivity index (χ4v) is 6.07. The summed E-state index contributed by atoms with van der Waals surface area (Å²) in [5.41, 5.74) is 5.06. The Morgan fingerprint density at radius 3 is 2.83 bits per heavy atom. The van der Waals surface area contributed by atoms with Crippen molar-refractivity contribution in [3.05, 3.63) is 59.0 Å². The van der Waals surface area contributed by atoms with Crippen LogP contribution in [0.1, 0.15) is 73.8 Å². The molecule has 3 aliphatic heterocycles. The van der Waals surface area contributed by atoms with Crippen LogP contribution in [0.3, 0.4) is 0 Å². The molecule has 6 nitrogen and oxygen atoms in total. The number of benzene rings is 2. The van der Waals surface area contributed by atoms with Crippen LogP contribution in [0.2, 0.25) is 0 Å². The van der Waals surface area contributed by atoms with Crippen molar-refractivity contribution in [1.29, 1.82) is 0 Å². The summed E-state index contributed by atoms with van der Waals surface area (Å²) < 4.78 is 25.1. The van der Waals surface area contributed by atoms with Gasteiger partial charge in [-0.2, -0.15) is 0 Å². The average molecular weight is 478 g/mol. The van der Waals surface area contributed by atoms with Crippen molar-refractivity contribution in [2.75, 3.05) is 37.7 Å². The zero-order valence-corrected chi connectivity index (χ0v) is 20.2. The molecule has 0 spiro atoms. The Hall–Kier alpha value is -2.77. The molecule has 184 valence electrons. The monoisotopic (exact) mass is 477 g/mol. The summed E-state index contributed by atoms with van der Waals surface area (Å²) in [4.78, 5) is 17.0. The summed E-state index contributed by atoms with van der Waals surface area (Å²) in [5.74, 6) is 0.574. The summed E-state index contributed by atoms with van der Waals surface area (Å²) in [6, 6.07) is 11.0. The molecule has 1 amide bonds. The highest BCUT2D eigenvalue weighted by molar-refractivity contribution is 5.99. The van der Waals surface area contributed by atoms with Gasteiger partial charge in [-0.25, -0.2) is 4.39 Å². The maximum atomic E-state index is 13.4. The third-order valence-corrected chi connectivity index (χ3v) is 8.00. The van der Waals surface area contributed by atoms with Crippen LogP contribution in [0, 0.1) is 5.82 Å². The van der Waals surface area contributed by atoms with Crippen LogP contribution in [0.4, 0.5) is 10.1 Å². The zero-order valence-electron chi connectivity index (χ0n) is 20.2. The van der Waals surface area contributed by atoms with Crippen molar-refractivity contribution in [1.82, 2.24) is 10.1 Å². The molecule has 0 saturated carbocycles. The number of carbonyl (C=O) groups excluding carboxylic acids is 1. The van der Waals surface area contributed by atoms with Gasteiger partial charge in [0.05, 0.1) is 17.9 Å². The van der Waals surface area contributed by atoms with Crippen molar-refractivity contribution >= 4 is 22.6 Å². The number of hydrogen-bond acceptors (Lipinski definition) is 5. The molecule has 7 heteroatoms. The lowest BCUT2D eigenvalue weighted by Crippen LogP contribution is -2.35. The van der Waals surface area contributed by atoms with E-state index in [2.05, 4.69) is 35.2 Å². The first-order valence-corrected chi connectivity index (χ1v) is 12.9. The molecule has 0 bridgehead atoms. The van der Waals surface area contributed by atoms with E-state index in [0.717, 1.165) is 62.1 Å². The topological polar surface area (TPSA) is 58.8 Å². The predicted molar refractivity (Wildman–Crippen MR) is 132 cm³/mol. The highest BCUT2D eigenvalue weighted by atomic mass is 19.1. The molecule has 2 unspecified atom stereocenters. The number of amides is 1. The number of piperidine rings is 1. The minimum absolute atomic E-state index is 0.0132. The second kappa shape index (κ2) is 9.36. The molecule has 0 aliphatic carbocycles. The first-order valence-electron chi connectivity index (χ1n) is 12.9. The van der Waals surface area contributed by atoms with Crippen LogP contribution in [-0.4, -0.2) is 48.7 Å². The second-order valence-electron chi connectivity index (χ2n) is 10.3. The fraction of sp³-hybridized carbons (Fsp3) is 0.500. The van der Waals surface area contributed by atoms with E-state index in [1.54, 1.807) is 6.07 Å². The van der Waals surface area contributed by atoms with Gasteiger partial charge < -0.3 is 19.1 Å². The summed E-state index contributed by atoms with van der Waals surface area (Å²) in [5, 5.41) is 5.19. The molecule has 3 aliphatic rings. The van der Waals surface area contributed by atoms with Gasteiger partial charge in [-0.05, 0) is 68.9 Å². The average Bonchev–Trinajstić information content (AvgIpc) is 3.45. The Bertz CT molecular complexity index is 1230. The van der Waals surface area contributed by atoms with Crippen LogP contribution >= 0.6 is 0 Å². The van der Waals surface area contributed by atoms with E-state index in [9.17, 15) is 9.18 Å². The number of para-hydroxylation sites is 1. The minimum Gasteiger partial charge on any atom is -0.372 e. The molecule has 2 aromatic carbocycles. The molecule has 6 rings (SSSR count). The van der Waals surface area contributed by atoms with Gasteiger partial charge in [0.25, 0.3) is 0 Å². The predicted octanol–water partition coefficient (Wildman–Crippen LogP) is 5.54. The Balaban J connectivity index is 0.959. The van der Waals surface area contributed by atoms with Gasteiger partial charge in [-0.3, -0.25) is 4.79 Å². The van der Waals surface area contributed by atoms with Crippen LogP contribution in [0.5, 0.6) is 0 Å². The van der Waals surface area contributed by atoms with E-state index in [-0.39, 0.29) is 23.7 Å². The molecule has 4 heterocycles. The summed E-state index contributed by atoms with van der Waals surface area (Å²) in [6.07, 6.45) is 4.76. The van der Waals surface area contributed by atoms with E-state index in [4.69, 9.17) is 9.26 Å². The highest BCUT2D eigenvalue weighted by Gasteiger charge is 2.39. The molecule has 1 aromatic heterocycles. The number of hydrogen-bond donors (Lipinski definition) is 0. The minimum atomic E-state index is -0.292. The zero-order chi connectivity index (χ0) is 23.9. The van der Waals surface area contributed by atoms with Crippen LogP contribution in [0.15, 0.2) is 40.9 Å². The Labute approximate surface area is 205 Å². The van der Waals surface area contributed by atoms with E-state index >= 15 is 0 Å². The van der Waals surface area contributed by atoms with Crippen molar-refractivity contribution < 1.29 is 18.4 Å². The van der Waals surface area contributed by atoms with Crippen molar-refractivity contribution in [2.45, 2.75) is 57.0 Å². The Morgan fingerprint density at radius 2 is 1.97 bits per heavy atom. The van der Waals surface area contributed by atoms with Gasteiger partial charge in [-0.15, -0.1) is 0 Å². The lowest BCUT2D eigenvalue weighted by molar-refractivity contribution is -0.119. The van der Waals surface area contributed by atoms with Crippen LogP contribution in [-0.2, 0) is 9.53 Å². The molecular formula is C28H32FN3O3. The molecule has 35 heavy (non-hydrogen) atoms. The van der Waals surface area contributed by atoms with Gasteiger partial charge in [0.15, 0.2) is 5.58 Å². The fourth-order valence-electron chi connectivity index (χ4n) is 6.07. The number of fused-ring (bicyclic) bond motifs is 1. The first kappa shape index (κ1) is 22.7. The quantitative estimate of drug-likeness (QED) is 0.418. The number of unbranched alkanes of at least 4 members (excludes halogenated alkanes) is 1. The molecule has 2 atom stereocenters. The third-order valence-electron chi connectivity index (χ3n) is 8.00. The standard InChI is InChI=1S/C28H32FN3O3/c1-18-15-26(33)32-17-25(23-6-4-5-21(18)28(23)32)34-14-3-2-11-31-12-9-19(10-13-31)27-22-8-7-20(29)16-24(22)35-30-27/h4-8,16,18-19,25H,2-3,9-15,17H2,1H3. The van der Waals surface area contributed by atoms with Crippen LogP contribution in [0.25, 0.3) is 11.0 Å². The smallest absolute Gasteiger partial charge is 0.227 e. The molecule has 3 aromatic rings. The van der Waals surface area contributed by atoms with Crippen molar-refractivity contribution in [2.24, 2.45) is 0 Å². The summed E-state index contributed by atoms with van der Waals surface area (Å²) >= 11 is 0. The number of likely N-dealkylation sites (tertiary alicyclic amines) is 1. The number of anilines is 1. The van der Waals surface area contributed by atoms with E-state index in [1.165, 1.54) is 23.3 Å². The van der Waals surface area contributed by atoms with Gasteiger partial charge in [0, 0.05) is 36.0 Å². The van der Waals surface area contributed by atoms with Crippen molar-refractivity contribution in [3.63, 3.8) is 0 Å². The van der Waals surface area contributed by atoms with E-state index in [0.29, 0.717) is 31.1 Å².